The number of benzene rings is 1. The Hall–Kier alpha value is -1.33. The second kappa shape index (κ2) is 7.79. The first-order valence-corrected chi connectivity index (χ1v) is 10.8. The van der Waals surface area contributed by atoms with Crippen LogP contribution in [0, 0.1) is 0 Å². The third-order valence-corrected chi connectivity index (χ3v) is 8.69. The maximum atomic E-state index is 11.7. The molecule has 0 aliphatic carbocycles. The standard InChI is InChI=1S/C17H30N2O2Si/c1-7-18-16(20)19-13-15(14-11-9-8-10-12-14)21-22(5,6)17(2,3)4/h8-12,15H,7,13H2,1-6H3,(H2,18,19,20). The second-order valence-corrected chi connectivity index (χ2v) is 11.8. The monoisotopic (exact) mass is 322 g/mol. The van der Waals surface area contributed by atoms with E-state index in [0.717, 1.165) is 5.56 Å². The molecule has 0 spiro atoms. The SMILES string of the molecule is CCNC(=O)NCC(O[Si](C)(C)C(C)(C)C)c1ccccc1. The quantitative estimate of drug-likeness (QED) is 0.776. The lowest BCUT2D eigenvalue weighted by atomic mass is 10.1. The van der Waals surface area contributed by atoms with Gasteiger partial charge in [0, 0.05) is 13.1 Å². The molecule has 124 valence electrons. The fraction of sp³-hybridized carbons (Fsp3) is 0.588. The van der Waals surface area contributed by atoms with Crippen LogP contribution in [0.25, 0.3) is 0 Å². The zero-order chi connectivity index (χ0) is 16.8. The van der Waals surface area contributed by atoms with Gasteiger partial charge in [0.15, 0.2) is 8.32 Å². The van der Waals surface area contributed by atoms with Gasteiger partial charge in [-0.15, -0.1) is 0 Å². The number of urea groups is 1. The first-order valence-electron chi connectivity index (χ1n) is 7.92. The van der Waals surface area contributed by atoms with Crippen molar-refractivity contribution in [2.24, 2.45) is 0 Å². The fourth-order valence-corrected chi connectivity index (χ4v) is 3.12. The summed E-state index contributed by atoms with van der Waals surface area (Å²) in [6.07, 6.45) is -0.121. The summed E-state index contributed by atoms with van der Waals surface area (Å²) < 4.78 is 6.51. The molecule has 0 aliphatic rings. The fourth-order valence-electron chi connectivity index (χ4n) is 1.84. The number of nitrogens with one attached hydrogen (secondary N) is 2. The number of hydrogen-bond acceptors (Lipinski definition) is 2. The molecule has 1 unspecified atom stereocenters. The Labute approximate surface area is 135 Å². The molecule has 0 bridgehead atoms. The van der Waals surface area contributed by atoms with Crippen molar-refractivity contribution >= 4 is 14.3 Å². The molecule has 2 amide bonds. The molecule has 1 atom stereocenters. The van der Waals surface area contributed by atoms with Gasteiger partial charge in [-0.3, -0.25) is 0 Å². The molecule has 0 radical (unpaired) electrons. The van der Waals surface area contributed by atoms with Gasteiger partial charge in [0.1, 0.15) is 0 Å². The highest BCUT2D eigenvalue weighted by molar-refractivity contribution is 6.74. The van der Waals surface area contributed by atoms with E-state index in [1.807, 2.05) is 25.1 Å². The summed E-state index contributed by atoms with van der Waals surface area (Å²) in [6, 6.07) is 9.95. The van der Waals surface area contributed by atoms with Crippen LogP contribution < -0.4 is 10.6 Å². The Morgan fingerprint density at radius 3 is 2.27 bits per heavy atom. The zero-order valence-electron chi connectivity index (χ0n) is 14.7. The Bertz CT molecular complexity index is 469. The largest absolute Gasteiger partial charge is 0.408 e. The van der Waals surface area contributed by atoms with Crippen molar-refractivity contribution in [3.8, 4) is 0 Å². The Balaban J connectivity index is 2.86. The van der Waals surface area contributed by atoms with Gasteiger partial charge in [-0.05, 0) is 30.6 Å². The Morgan fingerprint density at radius 2 is 1.77 bits per heavy atom. The van der Waals surface area contributed by atoms with Gasteiger partial charge in [-0.2, -0.15) is 0 Å². The molecule has 1 aromatic rings. The van der Waals surface area contributed by atoms with Gasteiger partial charge >= 0.3 is 6.03 Å². The van der Waals surface area contributed by atoms with E-state index in [0.29, 0.717) is 13.1 Å². The molecule has 0 fully saturated rings. The van der Waals surface area contributed by atoms with Crippen molar-refractivity contribution in [2.45, 2.75) is 51.9 Å². The van der Waals surface area contributed by atoms with Gasteiger partial charge in [0.2, 0.25) is 0 Å². The van der Waals surface area contributed by atoms with E-state index < -0.39 is 8.32 Å². The minimum Gasteiger partial charge on any atom is -0.408 e. The molecule has 4 nitrogen and oxygen atoms in total. The van der Waals surface area contributed by atoms with Gasteiger partial charge in [-0.25, -0.2) is 4.79 Å². The van der Waals surface area contributed by atoms with E-state index in [2.05, 4.69) is 56.6 Å². The topological polar surface area (TPSA) is 50.4 Å². The minimum atomic E-state index is -1.91. The molecule has 22 heavy (non-hydrogen) atoms. The summed E-state index contributed by atoms with van der Waals surface area (Å²) in [7, 11) is -1.91. The van der Waals surface area contributed by atoms with Crippen LogP contribution in [0.15, 0.2) is 30.3 Å². The lowest BCUT2D eigenvalue weighted by molar-refractivity contribution is 0.178. The van der Waals surface area contributed by atoms with E-state index >= 15 is 0 Å². The maximum absolute atomic E-state index is 11.7. The molecule has 0 saturated heterocycles. The number of hydrogen-bond donors (Lipinski definition) is 2. The summed E-state index contributed by atoms with van der Waals surface area (Å²) in [5.41, 5.74) is 1.10. The first kappa shape index (κ1) is 18.7. The number of rotatable bonds is 6. The zero-order valence-corrected chi connectivity index (χ0v) is 15.7. The minimum absolute atomic E-state index is 0.121. The van der Waals surface area contributed by atoms with Crippen LogP contribution in [0.2, 0.25) is 18.1 Å². The molecule has 0 heterocycles. The van der Waals surface area contributed by atoms with E-state index in [1.54, 1.807) is 0 Å². The van der Waals surface area contributed by atoms with Gasteiger partial charge in [0.05, 0.1) is 6.10 Å². The molecule has 1 rings (SSSR count). The lowest BCUT2D eigenvalue weighted by Crippen LogP contribution is -2.45. The molecule has 0 aliphatic heterocycles. The van der Waals surface area contributed by atoms with E-state index in [1.165, 1.54) is 0 Å². The van der Waals surface area contributed by atoms with Crippen molar-refractivity contribution in [1.82, 2.24) is 10.6 Å². The molecule has 1 aromatic carbocycles. The number of carbonyl (C=O) groups is 1. The summed E-state index contributed by atoms with van der Waals surface area (Å²) in [6.45, 7) is 14.1. The van der Waals surface area contributed by atoms with Crippen LogP contribution in [0.4, 0.5) is 4.79 Å². The normalized spacial score (nSPS) is 13.5. The van der Waals surface area contributed by atoms with Crippen molar-refractivity contribution in [1.29, 1.82) is 0 Å². The van der Waals surface area contributed by atoms with Crippen LogP contribution >= 0.6 is 0 Å². The second-order valence-electron chi connectivity index (χ2n) is 7.02. The summed E-state index contributed by atoms with van der Waals surface area (Å²) in [5.74, 6) is 0. The Morgan fingerprint density at radius 1 is 1.18 bits per heavy atom. The van der Waals surface area contributed by atoms with Crippen molar-refractivity contribution in [2.75, 3.05) is 13.1 Å². The lowest BCUT2D eigenvalue weighted by Gasteiger charge is -2.39. The highest BCUT2D eigenvalue weighted by Crippen LogP contribution is 2.39. The van der Waals surface area contributed by atoms with Gasteiger partial charge in [-0.1, -0.05) is 51.1 Å². The average Bonchev–Trinajstić information content (AvgIpc) is 2.43. The summed E-state index contributed by atoms with van der Waals surface area (Å²) in [5, 5.41) is 5.79. The van der Waals surface area contributed by atoms with Crippen LogP contribution in [0.5, 0.6) is 0 Å². The summed E-state index contributed by atoms with van der Waals surface area (Å²) in [4.78, 5) is 11.7. The predicted molar refractivity (Wildman–Crippen MR) is 94.5 cm³/mol. The van der Waals surface area contributed by atoms with Crippen LogP contribution in [0.1, 0.15) is 39.4 Å². The Kier molecular flexibility index (Phi) is 6.62. The van der Waals surface area contributed by atoms with Crippen molar-refractivity contribution in [3.05, 3.63) is 35.9 Å². The molecule has 0 saturated carbocycles. The maximum Gasteiger partial charge on any atom is 0.314 e. The highest BCUT2D eigenvalue weighted by Gasteiger charge is 2.39. The van der Waals surface area contributed by atoms with E-state index in [4.69, 9.17) is 4.43 Å². The van der Waals surface area contributed by atoms with Crippen molar-refractivity contribution in [3.63, 3.8) is 0 Å². The third-order valence-electron chi connectivity index (χ3n) is 4.20. The van der Waals surface area contributed by atoms with Gasteiger partial charge < -0.3 is 15.1 Å². The number of amides is 2. The van der Waals surface area contributed by atoms with Crippen LogP contribution in [0.3, 0.4) is 0 Å². The molecule has 5 heteroatoms. The first-order chi connectivity index (χ1) is 10.2. The molecule has 0 aromatic heterocycles. The predicted octanol–water partition coefficient (Wildman–Crippen LogP) is 4.07. The van der Waals surface area contributed by atoms with Crippen molar-refractivity contribution < 1.29 is 9.22 Å². The van der Waals surface area contributed by atoms with Crippen LogP contribution in [-0.2, 0) is 4.43 Å². The molecule has 2 N–H and O–H groups in total. The average molecular weight is 323 g/mol. The smallest absolute Gasteiger partial charge is 0.314 e. The van der Waals surface area contributed by atoms with E-state index in [9.17, 15) is 4.79 Å². The van der Waals surface area contributed by atoms with E-state index in [-0.39, 0.29) is 17.2 Å². The van der Waals surface area contributed by atoms with Crippen LogP contribution in [-0.4, -0.2) is 27.4 Å². The van der Waals surface area contributed by atoms with Gasteiger partial charge in [0.25, 0.3) is 0 Å². The summed E-state index contributed by atoms with van der Waals surface area (Å²) >= 11 is 0. The molecular weight excluding hydrogens is 292 g/mol. The third kappa shape index (κ3) is 5.46. The number of carbonyl (C=O) groups excluding carboxylic acids is 1. The highest BCUT2D eigenvalue weighted by atomic mass is 28.4. The molecular formula is C17H30N2O2Si.